The van der Waals surface area contributed by atoms with E-state index in [1.165, 1.54) is 5.38 Å². The standard InChI is InChI=1S/C29H34N6O7S/c1-26(2,3)41-25(39)33-24-31-17(15-43-24)20(21(36)32-19-13-28(19)22(37)34-29(28)12-18(29)30)35-42-27(10-7-11-27)23(38)40-14-16-8-5-4-6-9-16/h4-6,8-9,15,18-19H,7,10-14,30H2,1-3H3,(H,32,36)(H,34,37)(H,31,33,39)/b35-20-/t18?,19-,28?,29-/m0/s1. The van der Waals surface area contributed by atoms with Crippen molar-refractivity contribution in [3.8, 4) is 0 Å². The van der Waals surface area contributed by atoms with Crippen molar-refractivity contribution in [2.45, 2.75) is 88.3 Å². The summed E-state index contributed by atoms with van der Waals surface area (Å²) in [4.78, 5) is 61.6. The molecule has 1 aliphatic heterocycles. The van der Waals surface area contributed by atoms with Crippen LogP contribution < -0.4 is 21.7 Å². The molecule has 2 aromatic rings. The lowest BCUT2D eigenvalue weighted by Gasteiger charge is -2.39. The zero-order chi connectivity index (χ0) is 30.6. The Morgan fingerprint density at radius 1 is 1.19 bits per heavy atom. The van der Waals surface area contributed by atoms with Gasteiger partial charge in [0.2, 0.25) is 11.5 Å². The minimum Gasteiger partial charge on any atom is -0.458 e. The first-order valence-electron chi connectivity index (χ1n) is 14.2. The number of oxime groups is 1. The highest BCUT2D eigenvalue weighted by Gasteiger charge is 2.86. The average molecular weight is 611 g/mol. The van der Waals surface area contributed by atoms with Crippen molar-refractivity contribution in [2.75, 3.05) is 5.32 Å². The third-order valence-corrected chi connectivity index (χ3v) is 9.20. The third kappa shape index (κ3) is 5.22. The summed E-state index contributed by atoms with van der Waals surface area (Å²) in [5, 5.41) is 14.2. The number of amides is 3. The van der Waals surface area contributed by atoms with Gasteiger partial charge >= 0.3 is 12.1 Å². The molecule has 3 aliphatic carbocycles. The molecule has 2 heterocycles. The molecule has 1 aromatic carbocycles. The van der Waals surface area contributed by atoms with Gasteiger partial charge < -0.3 is 30.7 Å². The van der Waals surface area contributed by atoms with Crippen molar-refractivity contribution < 1.29 is 33.5 Å². The topological polar surface area (TPSA) is 183 Å². The number of β-lactam (4-membered cyclic amide) rings is 1. The van der Waals surface area contributed by atoms with E-state index in [4.69, 9.17) is 20.0 Å². The molecule has 228 valence electrons. The van der Waals surface area contributed by atoms with E-state index in [1.807, 2.05) is 30.3 Å². The fourth-order valence-electron chi connectivity index (χ4n) is 5.77. The summed E-state index contributed by atoms with van der Waals surface area (Å²) in [7, 11) is 0. The van der Waals surface area contributed by atoms with Crippen molar-refractivity contribution in [1.29, 1.82) is 0 Å². The van der Waals surface area contributed by atoms with Crippen LogP contribution in [0.25, 0.3) is 0 Å². The van der Waals surface area contributed by atoms with E-state index in [9.17, 15) is 19.2 Å². The molecule has 3 saturated carbocycles. The lowest BCUT2D eigenvalue weighted by atomic mass is 9.80. The first kappa shape index (κ1) is 29.1. The smallest absolute Gasteiger partial charge is 0.413 e. The maximum Gasteiger partial charge on any atom is 0.413 e. The van der Waals surface area contributed by atoms with Crippen LogP contribution in [-0.2, 0) is 35.3 Å². The fourth-order valence-corrected chi connectivity index (χ4v) is 6.45. The normalized spacial score (nSPS) is 28.2. The van der Waals surface area contributed by atoms with Gasteiger partial charge in [-0.25, -0.2) is 14.6 Å². The van der Waals surface area contributed by atoms with Gasteiger partial charge in [0.25, 0.3) is 5.91 Å². The first-order chi connectivity index (χ1) is 20.4. The molecule has 3 amide bonds. The minimum atomic E-state index is -1.34. The Balaban J connectivity index is 1.20. The molecule has 4 aliphatic rings. The second kappa shape index (κ2) is 10.3. The third-order valence-electron chi connectivity index (χ3n) is 8.45. The van der Waals surface area contributed by atoms with E-state index in [-0.39, 0.29) is 35.1 Å². The molecule has 4 atom stereocenters. The SMILES string of the molecule is CC(C)(C)OC(=O)Nc1nc(/C(=N/OC2(C(=O)OCc3ccccc3)CCC2)C(=O)N[C@H]2CC23C(=O)N[C@]32CC2N)cs1. The summed E-state index contributed by atoms with van der Waals surface area (Å²) in [5.41, 5.74) is 3.59. The molecule has 2 unspecified atom stereocenters. The Bertz CT molecular complexity index is 1500. The lowest BCUT2D eigenvalue weighted by Crippen LogP contribution is -2.68. The van der Waals surface area contributed by atoms with E-state index < -0.39 is 46.2 Å². The second-order valence-corrected chi connectivity index (χ2v) is 13.4. The molecule has 1 saturated heterocycles. The van der Waals surface area contributed by atoms with Gasteiger partial charge in [0.1, 0.15) is 17.9 Å². The summed E-state index contributed by atoms with van der Waals surface area (Å²) in [6, 6.07) is 8.68. The van der Waals surface area contributed by atoms with Crippen LogP contribution in [0.4, 0.5) is 9.93 Å². The van der Waals surface area contributed by atoms with Crippen LogP contribution in [0.3, 0.4) is 0 Å². The Labute approximate surface area is 251 Å². The van der Waals surface area contributed by atoms with Crippen LogP contribution in [0, 0.1) is 5.41 Å². The predicted octanol–water partition coefficient (Wildman–Crippen LogP) is 2.35. The zero-order valence-corrected chi connectivity index (χ0v) is 24.9. The minimum absolute atomic E-state index is 0.0728. The van der Waals surface area contributed by atoms with Gasteiger partial charge in [0, 0.05) is 30.3 Å². The van der Waals surface area contributed by atoms with Crippen LogP contribution in [0.2, 0.25) is 0 Å². The van der Waals surface area contributed by atoms with Crippen LogP contribution in [-0.4, -0.2) is 63.4 Å². The number of nitrogens with two attached hydrogens (primary N) is 1. The molecule has 1 aromatic heterocycles. The number of benzene rings is 1. The highest BCUT2D eigenvalue weighted by atomic mass is 32.1. The van der Waals surface area contributed by atoms with Gasteiger partial charge in [-0.1, -0.05) is 35.5 Å². The summed E-state index contributed by atoms with van der Waals surface area (Å²) in [6.07, 6.45) is 1.88. The summed E-state index contributed by atoms with van der Waals surface area (Å²) in [5.74, 6) is -1.34. The van der Waals surface area contributed by atoms with Gasteiger partial charge in [-0.3, -0.25) is 14.9 Å². The maximum atomic E-state index is 13.6. The summed E-state index contributed by atoms with van der Waals surface area (Å²) < 4.78 is 10.8. The number of ether oxygens (including phenoxy) is 2. The molecule has 14 heteroatoms. The van der Waals surface area contributed by atoms with E-state index in [0.717, 1.165) is 23.3 Å². The van der Waals surface area contributed by atoms with E-state index >= 15 is 0 Å². The Kier molecular flexibility index (Phi) is 6.96. The quantitative estimate of drug-likeness (QED) is 0.143. The average Bonchev–Trinajstić information content (AvgIpc) is 3.77. The molecule has 13 nitrogen and oxygen atoms in total. The van der Waals surface area contributed by atoms with Gasteiger partial charge in [0.15, 0.2) is 10.8 Å². The second-order valence-electron chi connectivity index (χ2n) is 12.5. The summed E-state index contributed by atoms with van der Waals surface area (Å²) >= 11 is 1.06. The molecule has 2 spiro atoms. The molecule has 43 heavy (non-hydrogen) atoms. The largest absolute Gasteiger partial charge is 0.458 e. The molecule has 0 bridgehead atoms. The molecular formula is C29H34N6O7S. The van der Waals surface area contributed by atoms with Gasteiger partial charge in [-0.15, -0.1) is 11.3 Å². The lowest BCUT2D eigenvalue weighted by molar-refractivity contribution is -0.187. The van der Waals surface area contributed by atoms with Crippen molar-refractivity contribution in [3.05, 3.63) is 47.0 Å². The first-order valence-corrected chi connectivity index (χ1v) is 15.1. The number of nitrogens with zero attached hydrogens (tertiary/aromatic N) is 2. The van der Waals surface area contributed by atoms with Crippen molar-refractivity contribution >= 4 is 46.1 Å². The number of hydrogen-bond acceptors (Lipinski definition) is 11. The van der Waals surface area contributed by atoms with Crippen LogP contribution in [0.5, 0.6) is 0 Å². The predicted molar refractivity (Wildman–Crippen MR) is 155 cm³/mol. The van der Waals surface area contributed by atoms with Gasteiger partial charge in [-0.05, 0) is 45.6 Å². The monoisotopic (exact) mass is 610 g/mol. The number of rotatable bonds is 9. The number of nitrogens with one attached hydrogen (secondary N) is 3. The van der Waals surface area contributed by atoms with E-state index in [0.29, 0.717) is 25.7 Å². The summed E-state index contributed by atoms with van der Waals surface area (Å²) in [6.45, 7) is 5.28. The van der Waals surface area contributed by atoms with E-state index in [1.54, 1.807) is 20.8 Å². The van der Waals surface area contributed by atoms with E-state index in [2.05, 4.69) is 26.1 Å². The van der Waals surface area contributed by atoms with Gasteiger partial charge in [0.05, 0.1) is 11.0 Å². The number of hydrogen-bond donors (Lipinski definition) is 4. The number of carbonyl (C=O) groups excluding carboxylic acids is 4. The van der Waals surface area contributed by atoms with Crippen molar-refractivity contribution in [2.24, 2.45) is 16.3 Å². The number of aromatic nitrogens is 1. The maximum absolute atomic E-state index is 13.6. The Hall–Kier alpha value is -4.04. The number of esters is 1. The molecule has 5 N–H and O–H groups in total. The van der Waals surface area contributed by atoms with Crippen LogP contribution in [0.1, 0.15) is 64.1 Å². The van der Waals surface area contributed by atoms with Crippen molar-refractivity contribution in [1.82, 2.24) is 15.6 Å². The zero-order valence-electron chi connectivity index (χ0n) is 24.1. The highest BCUT2D eigenvalue weighted by Crippen LogP contribution is 2.68. The Morgan fingerprint density at radius 2 is 1.91 bits per heavy atom. The van der Waals surface area contributed by atoms with Crippen molar-refractivity contribution in [3.63, 3.8) is 0 Å². The van der Waals surface area contributed by atoms with Crippen LogP contribution >= 0.6 is 11.3 Å². The fraction of sp³-hybridized carbons (Fsp3) is 0.517. The number of carbonyl (C=O) groups is 4. The molecule has 4 fully saturated rings. The van der Waals surface area contributed by atoms with Crippen LogP contribution in [0.15, 0.2) is 40.9 Å². The molecule has 0 radical (unpaired) electrons. The number of fused-ring (bicyclic) bond motifs is 1. The number of anilines is 1. The number of thiazole rings is 1. The highest BCUT2D eigenvalue weighted by molar-refractivity contribution is 7.14. The molecular weight excluding hydrogens is 576 g/mol. The Morgan fingerprint density at radius 3 is 2.51 bits per heavy atom. The van der Waals surface area contributed by atoms with Gasteiger partial charge in [-0.2, -0.15) is 0 Å². The molecule has 6 rings (SSSR count).